The Hall–Kier alpha value is -2.80. The third-order valence-corrected chi connectivity index (χ3v) is 4.24. The number of rotatable bonds is 3. The number of alkyl halides is 3. The molecular weight excluding hydrogens is 379 g/mol. The molecular formula is C19H15ClF3N3O. The number of halogens is 4. The predicted molar refractivity (Wildman–Crippen MR) is 97.4 cm³/mol. The van der Waals surface area contributed by atoms with E-state index in [0.29, 0.717) is 16.3 Å². The lowest BCUT2D eigenvalue weighted by Crippen LogP contribution is -2.21. The van der Waals surface area contributed by atoms with Crippen LogP contribution in [0.25, 0.3) is 5.69 Å². The molecule has 0 aliphatic rings. The van der Waals surface area contributed by atoms with E-state index in [1.165, 1.54) is 18.2 Å². The van der Waals surface area contributed by atoms with Crippen molar-refractivity contribution in [2.24, 2.45) is 0 Å². The molecule has 3 aromatic rings. The Labute approximate surface area is 158 Å². The lowest BCUT2D eigenvalue weighted by molar-refractivity contribution is -0.143. The van der Waals surface area contributed by atoms with Crippen LogP contribution in [0.1, 0.15) is 27.2 Å². The Kier molecular flexibility index (Phi) is 4.97. The highest BCUT2D eigenvalue weighted by molar-refractivity contribution is 6.31. The maximum atomic E-state index is 13.7. The number of carbonyl (C=O) groups is 1. The van der Waals surface area contributed by atoms with Crippen molar-refractivity contribution in [2.45, 2.75) is 20.0 Å². The van der Waals surface area contributed by atoms with Crippen LogP contribution in [0.3, 0.4) is 0 Å². The average molecular weight is 394 g/mol. The molecule has 0 bridgehead atoms. The van der Waals surface area contributed by atoms with E-state index in [2.05, 4.69) is 10.4 Å². The van der Waals surface area contributed by atoms with Crippen LogP contribution in [0.2, 0.25) is 5.02 Å². The second-order valence-electron chi connectivity index (χ2n) is 6.07. The number of carbonyl (C=O) groups excluding carboxylic acids is 1. The van der Waals surface area contributed by atoms with Gasteiger partial charge in [0.1, 0.15) is 0 Å². The summed E-state index contributed by atoms with van der Waals surface area (Å²) in [6.45, 7) is 3.54. The first kappa shape index (κ1) is 19.0. The molecule has 0 unspecified atom stereocenters. The van der Waals surface area contributed by atoms with Gasteiger partial charge in [0.2, 0.25) is 0 Å². The molecule has 0 spiro atoms. The number of aryl methyl sites for hydroxylation is 2. The first-order valence-corrected chi connectivity index (χ1v) is 8.34. The Morgan fingerprint density at radius 1 is 1.11 bits per heavy atom. The molecule has 3 rings (SSSR count). The van der Waals surface area contributed by atoms with E-state index in [0.717, 1.165) is 16.4 Å². The standard InChI is InChI=1S/C19H15ClF3N3O/c1-11-3-7-14(8-4-11)26-17(19(21,22)23)15(10-24-26)18(27)25-16-9-13(20)6-5-12(16)2/h3-10H,1-2H3,(H,25,27). The number of nitrogens with one attached hydrogen (secondary N) is 1. The molecule has 1 N–H and O–H groups in total. The Bertz CT molecular complexity index is 994. The van der Waals surface area contributed by atoms with Gasteiger partial charge in [0.15, 0.2) is 5.69 Å². The van der Waals surface area contributed by atoms with E-state index in [-0.39, 0.29) is 5.69 Å². The van der Waals surface area contributed by atoms with Crippen molar-refractivity contribution in [1.29, 1.82) is 0 Å². The number of benzene rings is 2. The van der Waals surface area contributed by atoms with Crippen molar-refractivity contribution in [2.75, 3.05) is 5.32 Å². The first-order chi connectivity index (χ1) is 12.7. The van der Waals surface area contributed by atoms with Gasteiger partial charge in [-0.15, -0.1) is 0 Å². The van der Waals surface area contributed by atoms with Crippen LogP contribution in [-0.4, -0.2) is 15.7 Å². The van der Waals surface area contributed by atoms with Gasteiger partial charge in [-0.25, -0.2) is 4.68 Å². The maximum absolute atomic E-state index is 13.7. The van der Waals surface area contributed by atoms with Gasteiger partial charge in [-0.3, -0.25) is 4.79 Å². The molecule has 140 valence electrons. The molecule has 0 saturated carbocycles. The van der Waals surface area contributed by atoms with Gasteiger partial charge in [0.25, 0.3) is 5.91 Å². The smallest absolute Gasteiger partial charge is 0.322 e. The van der Waals surface area contributed by atoms with Crippen LogP contribution >= 0.6 is 11.6 Å². The fourth-order valence-corrected chi connectivity index (χ4v) is 2.76. The van der Waals surface area contributed by atoms with Crippen molar-refractivity contribution in [3.63, 3.8) is 0 Å². The molecule has 4 nitrogen and oxygen atoms in total. The van der Waals surface area contributed by atoms with Crippen LogP contribution in [0.15, 0.2) is 48.7 Å². The third-order valence-electron chi connectivity index (χ3n) is 4.01. The van der Waals surface area contributed by atoms with Gasteiger partial charge in [-0.2, -0.15) is 18.3 Å². The molecule has 2 aromatic carbocycles. The van der Waals surface area contributed by atoms with Gasteiger partial charge in [-0.1, -0.05) is 35.4 Å². The van der Waals surface area contributed by atoms with E-state index < -0.39 is 23.3 Å². The summed E-state index contributed by atoms with van der Waals surface area (Å²) in [5.74, 6) is -0.911. The first-order valence-electron chi connectivity index (χ1n) is 7.96. The molecule has 1 aromatic heterocycles. The quantitative estimate of drug-likeness (QED) is 0.646. The second kappa shape index (κ2) is 7.08. The second-order valence-corrected chi connectivity index (χ2v) is 6.50. The van der Waals surface area contributed by atoms with Crippen molar-refractivity contribution >= 4 is 23.2 Å². The van der Waals surface area contributed by atoms with Crippen molar-refractivity contribution in [1.82, 2.24) is 9.78 Å². The minimum atomic E-state index is -4.77. The van der Waals surface area contributed by atoms with Crippen LogP contribution in [0, 0.1) is 13.8 Å². The molecule has 0 fully saturated rings. The molecule has 0 radical (unpaired) electrons. The summed E-state index contributed by atoms with van der Waals surface area (Å²) in [7, 11) is 0. The Balaban J connectivity index is 2.04. The van der Waals surface area contributed by atoms with Crippen molar-refractivity contribution in [3.05, 3.63) is 76.1 Å². The molecule has 1 amide bonds. The number of anilines is 1. The average Bonchev–Trinajstić information content (AvgIpc) is 3.04. The summed E-state index contributed by atoms with van der Waals surface area (Å²) in [4.78, 5) is 12.5. The van der Waals surface area contributed by atoms with E-state index >= 15 is 0 Å². The largest absolute Gasteiger partial charge is 0.434 e. The molecule has 0 aliphatic carbocycles. The van der Waals surface area contributed by atoms with E-state index in [1.54, 1.807) is 31.2 Å². The molecule has 8 heteroatoms. The van der Waals surface area contributed by atoms with Gasteiger partial charge < -0.3 is 5.32 Å². The zero-order valence-electron chi connectivity index (χ0n) is 14.4. The number of hydrogen-bond acceptors (Lipinski definition) is 2. The lowest BCUT2D eigenvalue weighted by Gasteiger charge is -2.13. The summed E-state index contributed by atoms with van der Waals surface area (Å²) in [5, 5.41) is 6.64. The summed E-state index contributed by atoms with van der Waals surface area (Å²) in [6.07, 6.45) is -3.85. The normalized spacial score (nSPS) is 11.5. The van der Waals surface area contributed by atoms with Crippen LogP contribution in [0.5, 0.6) is 0 Å². The van der Waals surface area contributed by atoms with Crippen molar-refractivity contribution < 1.29 is 18.0 Å². The van der Waals surface area contributed by atoms with E-state index in [4.69, 9.17) is 11.6 Å². The number of amides is 1. The zero-order valence-corrected chi connectivity index (χ0v) is 15.2. The highest BCUT2D eigenvalue weighted by Crippen LogP contribution is 2.34. The topological polar surface area (TPSA) is 46.9 Å². The Morgan fingerprint density at radius 3 is 2.41 bits per heavy atom. The number of hydrogen-bond donors (Lipinski definition) is 1. The highest BCUT2D eigenvalue weighted by Gasteiger charge is 2.40. The molecule has 0 aliphatic heterocycles. The summed E-state index contributed by atoms with van der Waals surface area (Å²) < 4.78 is 41.8. The predicted octanol–water partition coefficient (Wildman–Crippen LogP) is 5.41. The summed E-state index contributed by atoms with van der Waals surface area (Å²) in [5.41, 5.74) is 0.418. The SMILES string of the molecule is Cc1ccc(-n2ncc(C(=O)Nc3cc(Cl)ccc3C)c2C(F)(F)F)cc1. The van der Waals surface area contributed by atoms with Gasteiger partial charge in [0.05, 0.1) is 17.4 Å². The molecule has 0 saturated heterocycles. The lowest BCUT2D eigenvalue weighted by atomic mass is 10.1. The molecule has 0 atom stereocenters. The van der Waals surface area contributed by atoms with Crippen LogP contribution in [0.4, 0.5) is 18.9 Å². The molecule has 27 heavy (non-hydrogen) atoms. The number of nitrogens with zero attached hydrogens (tertiary/aromatic N) is 2. The summed E-state index contributed by atoms with van der Waals surface area (Å²) in [6, 6.07) is 11.1. The maximum Gasteiger partial charge on any atom is 0.434 e. The zero-order chi connectivity index (χ0) is 19.8. The van der Waals surface area contributed by atoms with E-state index in [9.17, 15) is 18.0 Å². The number of aromatic nitrogens is 2. The fourth-order valence-electron chi connectivity index (χ4n) is 2.59. The van der Waals surface area contributed by atoms with Gasteiger partial charge >= 0.3 is 6.18 Å². The van der Waals surface area contributed by atoms with E-state index in [1.807, 2.05) is 6.92 Å². The van der Waals surface area contributed by atoms with Crippen LogP contribution < -0.4 is 5.32 Å². The molecule has 1 heterocycles. The van der Waals surface area contributed by atoms with Crippen LogP contribution in [-0.2, 0) is 6.18 Å². The fraction of sp³-hybridized carbons (Fsp3) is 0.158. The monoisotopic (exact) mass is 393 g/mol. The Morgan fingerprint density at radius 2 is 1.78 bits per heavy atom. The van der Waals surface area contributed by atoms with Gasteiger partial charge in [0, 0.05) is 10.7 Å². The minimum absolute atomic E-state index is 0.214. The van der Waals surface area contributed by atoms with Gasteiger partial charge in [-0.05, 0) is 43.7 Å². The minimum Gasteiger partial charge on any atom is -0.322 e. The highest BCUT2D eigenvalue weighted by atomic mass is 35.5. The van der Waals surface area contributed by atoms with Crippen molar-refractivity contribution in [3.8, 4) is 5.69 Å². The third kappa shape index (κ3) is 3.98. The summed E-state index contributed by atoms with van der Waals surface area (Å²) >= 11 is 5.90.